The van der Waals surface area contributed by atoms with E-state index < -0.39 is 25.6 Å². The van der Waals surface area contributed by atoms with E-state index in [1.165, 1.54) is 23.0 Å². The Labute approximate surface area is 165 Å². The lowest BCUT2D eigenvalue weighted by Gasteiger charge is -2.11. The molecule has 0 aliphatic heterocycles. The van der Waals surface area contributed by atoms with E-state index in [2.05, 4.69) is 10.2 Å². The fourth-order valence-corrected chi connectivity index (χ4v) is 3.92. The Bertz CT molecular complexity index is 1310. The van der Waals surface area contributed by atoms with Crippen molar-refractivity contribution in [3.63, 3.8) is 0 Å². The van der Waals surface area contributed by atoms with Crippen LogP contribution in [0.25, 0.3) is 16.7 Å². The van der Waals surface area contributed by atoms with Crippen molar-refractivity contribution >= 4 is 26.8 Å². The Balaban J connectivity index is 1.82. The van der Waals surface area contributed by atoms with Crippen LogP contribution in [0.4, 0.5) is 5.69 Å². The van der Waals surface area contributed by atoms with Gasteiger partial charge in [0.2, 0.25) is 0 Å². The molecule has 1 aromatic heterocycles. The van der Waals surface area contributed by atoms with Crippen molar-refractivity contribution in [1.29, 1.82) is 0 Å². The summed E-state index contributed by atoms with van der Waals surface area (Å²) in [6, 6.07) is 17.0. The lowest BCUT2D eigenvalue weighted by atomic mass is 10.2. The highest BCUT2D eigenvalue weighted by molar-refractivity contribution is 7.87. The Morgan fingerprint density at radius 3 is 2.24 bits per heavy atom. The second-order valence-electron chi connectivity index (χ2n) is 6.21. The average molecular weight is 410 g/mol. The SMILES string of the molecule is Cc1ccc(OS(=O)(=O)c2ccccc2[N+](=O)[O-])c(-n2nc3ccccc3n2)c1. The second kappa shape index (κ2) is 6.99. The molecular formula is C19H14N4O5S. The maximum Gasteiger partial charge on any atom is 0.346 e. The fraction of sp³-hybridized carbons (Fsp3) is 0.0526. The van der Waals surface area contributed by atoms with Crippen LogP contribution in [0.5, 0.6) is 5.75 Å². The number of hydrogen-bond acceptors (Lipinski definition) is 7. The number of nitrogens with zero attached hydrogens (tertiary/aromatic N) is 4. The quantitative estimate of drug-likeness (QED) is 0.281. The van der Waals surface area contributed by atoms with Gasteiger partial charge < -0.3 is 4.18 Å². The van der Waals surface area contributed by atoms with Gasteiger partial charge in [0.05, 0.1) is 4.92 Å². The molecule has 0 atom stereocenters. The molecule has 0 aliphatic rings. The van der Waals surface area contributed by atoms with Gasteiger partial charge in [-0.1, -0.05) is 30.3 Å². The highest BCUT2D eigenvalue weighted by Crippen LogP contribution is 2.30. The highest BCUT2D eigenvalue weighted by Gasteiger charge is 2.28. The van der Waals surface area contributed by atoms with Gasteiger partial charge in [-0.25, -0.2) is 0 Å². The molecule has 0 saturated carbocycles. The highest BCUT2D eigenvalue weighted by atomic mass is 32.2. The molecule has 29 heavy (non-hydrogen) atoms. The fourth-order valence-electron chi connectivity index (χ4n) is 2.80. The van der Waals surface area contributed by atoms with Crippen molar-refractivity contribution in [2.24, 2.45) is 0 Å². The molecule has 0 aliphatic carbocycles. The summed E-state index contributed by atoms with van der Waals surface area (Å²) >= 11 is 0. The molecule has 3 aromatic carbocycles. The standard InChI is InChI=1S/C19H14N4O5S/c1-13-10-11-18(17(12-13)22-20-14-6-2-3-7-15(14)21-22)28-29(26,27)19-9-5-4-8-16(19)23(24)25/h2-12H,1H3. The summed E-state index contributed by atoms with van der Waals surface area (Å²) in [5.41, 5.74) is 1.81. The van der Waals surface area contributed by atoms with Crippen LogP contribution >= 0.6 is 0 Å². The summed E-state index contributed by atoms with van der Waals surface area (Å²) in [7, 11) is -4.47. The van der Waals surface area contributed by atoms with E-state index in [0.717, 1.165) is 17.7 Å². The summed E-state index contributed by atoms with van der Waals surface area (Å²) in [6.45, 7) is 1.83. The zero-order chi connectivity index (χ0) is 20.6. The predicted molar refractivity (Wildman–Crippen MR) is 105 cm³/mol. The maximum atomic E-state index is 12.8. The molecule has 0 fully saturated rings. The van der Waals surface area contributed by atoms with Crippen molar-refractivity contribution < 1.29 is 17.5 Å². The number of nitro groups is 1. The van der Waals surface area contributed by atoms with E-state index in [1.54, 1.807) is 24.3 Å². The minimum atomic E-state index is -4.47. The third-order valence-corrected chi connectivity index (χ3v) is 5.43. The Morgan fingerprint density at radius 2 is 1.59 bits per heavy atom. The molecule has 1 heterocycles. The van der Waals surface area contributed by atoms with E-state index in [1.807, 2.05) is 19.1 Å². The summed E-state index contributed by atoms with van der Waals surface area (Å²) in [5, 5.41) is 19.9. The molecule has 4 rings (SSSR count). The Hall–Kier alpha value is -3.79. The van der Waals surface area contributed by atoms with Crippen molar-refractivity contribution in [3.05, 3.63) is 82.4 Å². The molecule has 0 amide bonds. The molecule has 0 spiro atoms. The van der Waals surface area contributed by atoms with Gasteiger partial charge in [-0.2, -0.15) is 8.42 Å². The molecule has 10 heteroatoms. The van der Waals surface area contributed by atoms with Crippen molar-refractivity contribution in [1.82, 2.24) is 15.0 Å². The summed E-state index contributed by atoms with van der Waals surface area (Å²) in [5.74, 6) is -0.0472. The van der Waals surface area contributed by atoms with Crippen molar-refractivity contribution in [2.75, 3.05) is 0 Å². The molecule has 9 nitrogen and oxygen atoms in total. The van der Waals surface area contributed by atoms with Gasteiger partial charge in [-0.15, -0.1) is 15.0 Å². The molecule has 0 N–H and O–H groups in total. The minimum Gasteiger partial charge on any atom is -0.376 e. The molecule has 0 unspecified atom stereocenters. The molecular weight excluding hydrogens is 396 g/mol. The van der Waals surface area contributed by atoms with Gasteiger partial charge in [0.15, 0.2) is 10.6 Å². The molecule has 0 bridgehead atoms. The van der Waals surface area contributed by atoms with Crippen LogP contribution in [0, 0.1) is 17.0 Å². The lowest BCUT2D eigenvalue weighted by Crippen LogP contribution is -2.14. The molecule has 0 saturated heterocycles. The smallest absolute Gasteiger partial charge is 0.346 e. The molecule has 0 radical (unpaired) electrons. The van der Waals surface area contributed by atoms with Crippen LogP contribution in [0.15, 0.2) is 71.6 Å². The molecule has 4 aromatic rings. The third kappa shape index (κ3) is 3.52. The van der Waals surface area contributed by atoms with E-state index in [4.69, 9.17) is 4.18 Å². The first-order valence-corrected chi connectivity index (χ1v) is 9.87. The van der Waals surface area contributed by atoms with Gasteiger partial charge in [-0.3, -0.25) is 10.1 Å². The predicted octanol–water partition coefficient (Wildman–Crippen LogP) is 3.40. The number of nitro benzene ring substituents is 1. The van der Waals surface area contributed by atoms with Crippen LogP contribution in [-0.2, 0) is 10.1 Å². The van der Waals surface area contributed by atoms with Crippen LogP contribution in [0.3, 0.4) is 0 Å². The van der Waals surface area contributed by atoms with Crippen molar-refractivity contribution in [3.8, 4) is 11.4 Å². The van der Waals surface area contributed by atoms with E-state index in [-0.39, 0.29) is 5.75 Å². The van der Waals surface area contributed by atoms with Gasteiger partial charge in [0, 0.05) is 6.07 Å². The summed E-state index contributed by atoms with van der Waals surface area (Å²) in [4.78, 5) is 11.2. The van der Waals surface area contributed by atoms with Gasteiger partial charge in [0.1, 0.15) is 16.7 Å². The van der Waals surface area contributed by atoms with Crippen LogP contribution in [-0.4, -0.2) is 28.3 Å². The van der Waals surface area contributed by atoms with Gasteiger partial charge in [-0.05, 0) is 42.8 Å². The minimum absolute atomic E-state index is 0.0472. The number of rotatable bonds is 5. The van der Waals surface area contributed by atoms with Crippen LogP contribution < -0.4 is 4.18 Å². The van der Waals surface area contributed by atoms with E-state index in [9.17, 15) is 18.5 Å². The Morgan fingerprint density at radius 1 is 0.966 bits per heavy atom. The van der Waals surface area contributed by atoms with Gasteiger partial charge >= 0.3 is 10.1 Å². The zero-order valence-corrected chi connectivity index (χ0v) is 15.9. The van der Waals surface area contributed by atoms with Gasteiger partial charge in [0.25, 0.3) is 5.69 Å². The maximum absolute atomic E-state index is 12.8. The number of aromatic nitrogens is 3. The number of para-hydroxylation sites is 1. The normalized spacial score (nSPS) is 11.5. The first kappa shape index (κ1) is 18.6. The van der Waals surface area contributed by atoms with Crippen LogP contribution in [0.1, 0.15) is 5.56 Å². The third-order valence-electron chi connectivity index (χ3n) is 4.15. The number of hydrogen-bond donors (Lipinski definition) is 0. The number of benzene rings is 3. The first-order chi connectivity index (χ1) is 13.8. The topological polar surface area (TPSA) is 117 Å². The second-order valence-corrected chi connectivity index (χ2v) is 7.73. The number of fused-ring (bicyclic) bond motifs is 1. The largest absolute Gasteiger partial charge is 0.376 e. The number of aryl methyl sites for hydroxylation is 1. The van der Waals surface area contributed by atoms with E-state index in [0.29, 0.717) is 16.7 Å². The molecule has 146 valence electrons. The van der Waals surface area contributed by atoms with Crippen molar-refractivity contribution in [2.45, 2.75) is 11.8 Å². The Kier molecular flexibility index (Phi) is 4.47. The summed E-state index contributed by atoms with van der Waals surface area (Å²) in [6.07, 6.45) is 0. The lowest BCUT2D eigenvalue weighted by molar-refractivity contribution is -0.387. The summed E-state index contributed by atoms with van der Waals surface area (Å²) < 4.78 is 30.9. The van der Waals surface area contributed by atoms with E-state index >= 15 is 0 Å². The first-order valence-electron chi connectivity index (χ1n) is 8.46. The average Bonchev–Trinajstić information content (AvgIpc) is 3.13. The van der Waals surface area contributed by atoms with Crippen LogP contribution in [0.2, 0.25) is 0 Å². The zero-order valence-electron chi connectivity index (χ0n) is 15.1. The monoisotopic (exact) mass is 410 g/mol.